The number of likely N-dealkylation sites (N-methyl/N-ethyl adjacent to an activating group) is 2. The largest absolute Gasteiger partial charge is 0.370 e. The molecule has 3 heteroatoms. The fraction of sp³-hybridized carbons (Fsp3) is 0.625. The summed E-state index contributed by atoms with van der Waals surface area (Å²) < 4.78 is 0. The van der Waals surface area contributed by atoms with Gasteiger partial charge in [-0.05, 0) is 57.6 Å². The van der Waals surface area contributed by atoms with Gasteiger partial charge in [-0.2, -0.15) is 0 Å². The molecule has 1 aromatic rings. The number of piperidine rings is 1. The maximum absolute atomic E-state index is 3.21. The average molecular weight is 261 g/mol. The molecule has 0 radical (unpaired) electrons. The number of rotatable bonds is 4. The van der Waals surface area contributed by atoms with E-state index in [0.29, 0.717) is 6.04 Å². The molecule has 1 aromatic carbocycles. The fourth-order valence-electron chi connectivity index (χ4n) is 3.08. The van der Waals surface area contributed by atoms with Crippen LogP contribution in [0.15, 0.2) is 18.2 Å². The van der Waals surface area contributed by atoms with Gasteiger partial charge in [-0.3, -0.25) is 0 Å². The summed E-state index contributed by atoms with van der Waals surface area (Å²) in [6.45, 7) is 5.58. The van der Waals surface area contributed by atoms with Gasteiger partial charge in [0.05, 0.1) is 0 Å². The van der Waals surface area contributed by atoms with Crippen LogP contribution in [0.4, 0.5) is 5.69 Å². The lowest BCUT2D eigenvalue weighted by atomic mass is 10.0. The zero-order chi connectivity index (χ0) is 13.8. The minimum atomic E-state index is 0.646. The smallest absolute Gasteiger partial charge is 0.0414 e. The minimum Gasteiger partial charge on any atom is -0.370 e. The van der Waals surface area contributed by atoms with Gasteiger partial charge in [0.1, 0.15) is 0 Å². The predicted molar refractivity (Wildman–Crippen MR) is 82.9 cm³/mol. The van der Waals surface area contributed by atoms with Gasteiger partial charge in [-0.1, -0.05) is 12.1 Å². The van der Waals surface area contributed by atoms with E-state index in [1.807, 2.05) is 7.05 Å². The van der Waals surface area contributed by atoms with Crippen LogP contribution in [0.25, 0.3) is 0 Å². The third-order valence-corrected chi connectivity index (χ3v) is 4.17. The van der Waals surface area contributed by atoms with Gasteiger partial charge in [0.15, 0.2) is 0 Å². The molecule has 1 fully saturated rings. The summed E-state index contributed by atoms with van der Waals surface area (Å²) in [7, 11) is 6.46. The highest BCUT2D eigenvalue weighted by molar-refractivity contribution is 5.54. The highest BCUT2D eigenvalue weighted by Crippen LogP contribution is 2.25. The number of likely N-dealkylation sites (tertiary alicyclic amines) is 1. The maximum Gasteiger partial charge on any atom is 0.0414 e. The zero-order valence-corrected chi connectivity index (χ0v) is 12.7. The van der Waals surface area contributed by atoms with E-state index in [4.69, 9.17) is 0 Å². The molecule has 0 bridgehead atoms. The number of nitrogens with one attached hydrogen (secondary N) is 1. The van der Waals surface area contributed by atoms with Gasteiger partial charge in [0.2, 0.25) is 0 Å². The van der Waals surface area contributed by atoms with Crippen molar-refractivity contribution in [3.05, 3.63) is 29.3 Å². The summed E-state index contributed by atoms with van der Waals surface area (Å²) in [4.78, 5) is 4.91. The molecule has 3 nitrogen and oxygen atoms in total. The van der Waals surface area contributed by atoms with Crippen LogP contribution in [0, 0.1) is 6.92 Å². The molecule has 0 aromatic heterocycles. The number of hydrogen-bond donors (Lipinski definition) is 1. The van der Waals surface area contributed by atoms with Crippen LogP contribution < -0.4 is 10.2 Å². The van der Waals surface area contributed by atoms with Crippen LogP contribution in [0.5, 0.6) is 0 Å². The number of aryl methyl sites for hydroxylation is 1. The molecule has 1 aliphatic heterocycles. The molecule has 0 saturated carbocycles. The first-order valence-corrected chi connectivity index (χ1v) is 7.27. The normalized spacial score (nSPS) is 20.5. The Balaban J connectivity index is 2.12. The SMILES string of the molecule is CNCc1ccc(N(C)C2CCCN(C)C2)c(C)c1. The Labute approximate surface area is 117 Å². The monoisotopic (exact) mass is 261 g/mol. The molecular formula is C16H27N3. The van der Waals surface area contributed by atoms with Gasteiger partial charge in [-0.15, -0.1) is 0 Å². The van der Waals surface area contributed by atoms with Crippen LogP contribution in [0.1, 0.15) is 24.0 Å². The van der Waals surface area contributed by atoms with E-state index in [1.54, 1.807) is 0 Å². The first kappa shape index (κ1) is 14.4. The van der Waals surface area contributed by atoms with Crippen LogP contribution >= 0.6 is 0 Å². The maximum atomic E-state index is 3.21. The fourth-order valence-corrected chi connectivity index (χ4v) is 3.08. The highest BCUT2D eigenvalue weighted by Gasteiger charge is 2.22. The van der Waals surface area contributed by atoms with E-state index < -0.39 is 0 Å². The van der Waals surface area contributed by atoms with E-state index in [9.17, 15) is 0 Å². The molecule has 1 aliphatic rings. The number of anilines is 1. The summed E-state index contributed by atoms with van der Waals surface area (Å²) in [6.07, 6.45) is 2.61. The zero-order valence-electron chi connectivity index (χ0n) is 12.7. The van der Waals surface area contributed by atoms with E-state index >= 15 is 0 Å². The van der Waals surface area contributed by atoms with Crippen LogP contribution in [-0.2, 0) is 6.54 Å². The Morgan fingerprint density at radius 3 is 2.84 bits per heavy atom. The minimum absolute atomic E-state index is 0.646. The van der Waals surface area contributed by atoms with E-state index in [-0.39, 0.29) is 0 Å². The predicted octanol–water partition coefficient (Wildman–Crippen LogP) is 2.24. The molecule has 0 aliphatic carbocycles. The Kier molecular flexibility index (Phi) is 4.83. The Morgan fingerprint density at radius 2 is 2.21 bits per heavy atom. The lowest BCUT2D eigenvalue weighted by Gasteiger charge is -2.37. The van der Waals surface area contributed by atoms with Crippen molar-refractivity contribution in [1.29, 1.82) is 0 Å². The van der Waals surface area contributed by atoms with Gasteiger partial charge >= 0.3 is 0 Å². The summed E-state index contributed by atoms with van der Waals surface area (Å²) in [5.41, 5.74) is 4.11. The molecular weight excluding hydrogens is 234 g/mol. The second-order valence-corrected chi connectivity index (χ2v) is 5.82. The topological polar surface area (TPSA) is 18.5 Å². The van der Waals surface area contributed by atoms with Crippen molar-refractivity contribution in [3.63, 3.8) is 0 Å². The molecule has 1 N–H and O–H groups in total. The second-order valence-electron chi connectivity index (χ2n) is 5.82. The summed E-state index contributed by atoms with van der Waals surface area (Å²) in [5.74, 6) is 0. The van der Waals surface area contributed by atoms with Crippen LogP contribution in [0.2, 0.25) is 0 Å². The Bertz CT molecular complexity index is 416. The Morgan fingerprint density at radius 1 is 1.42 bits per heavy atom. The standard InChI is InChI=1S/C16H27N3/c1-13-10-14(11-17-2)7-8-16(13)19(4)15-6-5-9-18(3)12-15/h7-8,10,15,17H,5-6,9,11-12H2,1-4H3. The highest BCUT2D eigenvalue weighted by atomic mass is 15.2. The van der Waals surface area contributed by atoms with Crippen LogP contribution in [-0.4, -0.2) is 45.2 Å². The molecule has 0 amide bonds. The summed E-state index contributed by atoms with van der Waals surface area (Å²) >= 11 is 0. The van der Waals surface area contributed by atoms with E-state index in [0.717, 1.165) is 6.54 Å². The van der Waals surface area contributed by atoms with Crippen LogP contribution in [0.3, 0.4) is 0 Å². The van der Waals surface area contributed by atoms with E-state index in [2.05, 4.69) is 54.3 Å². The van der Waals surface area contributed by atoms with E-state index in [1.165, 1.54) is 42.7 Å². The molecule has 19 heavy (non-hydrogen) atoms. The van der Waals surface area contributed by atoms with Crippen molar-refractivity contribution in [2.75, 3.05) is 39.1 Å². The molecule has 1 unspecified atom stereocenters. The number of benzene rings is 1. The van der Waals surface area contributed by atoms with Crippen molar-refractivity contribution in [2.24, 2.45) is 0 Å². The molecule has 106 valence electrons. The third-order valence-electron chi connectivity index (χ3n) is 4.17. The van der Waals surface area contributed by atoms with Crippen molar-refractivity contribution in [2.45, 2.75) is 32.4 Å². The number of nitrogens with zero attached hydrogens (tertiary/aromatic N) is 2. The Hall–Kier alpha value is -1.06. The van der Waals surface area contributed by atoms with Crippen molar-refractivity contribution in [1.82, 2.24) is 10.2 Å². The van der Waals surface area contributed by atoms with Gasteiger partial charge < -0.3 is 15.1 Å². The molecule has 1 atom stereocenters. The molecule has 0 spiro atoms. The molecule has 2 rings (SSSR count). The van der Waals surface area contributed by atoms with Gasteiger partial charge in [0.25, 0.3) is 0 Å². The molecule has 1 saturated heterocycles. The van der Waals surface area contributed by atoms with Gasteiger partial charge in [0, 0.05) is 31.9 Å². The van der Waals surface area contributed by atoms with Crippen molar-refractivity contribution < 1.29 is 0 Å². The van der Waals surface area contributed by atoms with Crippen molar-refractivity contribution in [3.8, 4) is 0 Å². The lowest BCUT2D eigenvalue weighted by Crippen LogP contribution is -2.45. The second kappa shape index (κ2) is 6.40. The van der Waals surface area contributed by atoms with Gasteiger partial charge in [-0.25, -0.2) is 0 Å². The first-order chi connectivity index (χ1) is 9.11. The summed E-state index contributed by atoms with van der Waals surface area (Å²) in [5, 5.41) is 3.21. The number of hydrogen-bond acceptors (Lipinski definition) is 3. The van der Waals surface area contributed by atoms with Crippen molar-refractivity contribution >= 4 is 5.69 Å². The first-order valence-electron chi connectivity index (χ1n) is 7.27. The lowest BCUT2D eigenvalue weighted by molar-refractivity contribution is 0.248. The summed E-state index contributed by atoms with van der Waals surface area (Å²) in [6, 6.07) is 7.46. The third kappa shape index (κ3) is 3.48. The average Bonchev–Trinajstić information content (AvgIpc) is 2.38. The quantitative estimate of drug-likeness (QED) is 0.897. The molecule has 1 heterocycles.